The Bertz CT molecular complexity index is 367. The Hall–Kier alpha value is -1.72. The molecule has 0 fully saturated rings. The fourth-order valence-electron chi connectivity index (χ4n) is 1.22. The molecule has 64 valence electrons. The zero-order chi connectivity index (χ0) is 8.72. The third kappa shape index (κ3) is 0.810. The number of anilines is 3. The Morgan fingerprint density at radius 2 is 2.42 bits per heavy atom. The highest BCUT2D eigenvalue weighted by Gasteiger charge is 2.18. The summed E-state index contributed by atoms with van der Waals surface area (Å²) in [5, 5.41) is 10.6. The normalized spacial score (nSPS) is 14.2. The summed E-state index contributed by atoms with van der Waals surface area (Å²) in [5.41, 5.74) is 6.45. The van der Waals surface area contributed by atoms with E-state index in [9.17, 15) is 0 Å². The van der Waals surface area contributed by atoms with Crippen molar-refractivity contribution in [2.45, 2.75) is 0 Å². The van der Waals surface area contributed by atoms with E-state index in [1.165, 1.54) is 0 Å². The zero-order valence-electron chi connectivity index (χ0n) is 6.68. The minimum Gasteiger partial charge on any atom is -0.369 e. The largest absolute Gasteiger partial charge is 0.369 e. The summed E-state index contributed by atoms with van der Waals surface area (Å²) in [5.74, 6) is 1.01. The van der Waals surface area contributed by atoms with Crippen molar-refractivity contribution < 1.29 is 0 Å². The van der Waals surface area contributed by atoms with Crippen molar-refractivity contribution in [2.75, 3.05) is 29.7 Å². The van der Waals surface area contributed by atoms with Crippen LogP contribution in [0.2, 0.25) is 0 Å². The Morgan fingerprint density at radius 3 is 3.17 bits per heavy atom. The van der Waals surface area contributed by atoms with E-state index in [0.717, 1.165) is 5.82 Å². The van der Waals surface area contributed by atoms with Crippen molar-refractivity contribution in [1.29, 1.82) is 5.41 Å². The second kappa shape index (κ2) is 2.13. The monoisotopic (exact) mass is 166 g/mol. The smallest absolute Gasteiger partial charge is 0.201 e. The lowest BCUT2D eigenvalue weighted by Gasteiger charge is -2.07. The topological polar surface area (TPSA) is 93.8 Å². The Balaban J connectivity index is 2.68. The maximum absolute atomic E-state index is 7.52. The van der Waals surface area contributed by atoms with Crippen LogP contribution < -0.4 is 21.4 Å². The highest BCUT2D eigenvalue weighted by atomic mass is 15.3. The molecule has 5 N–H and O–H groups in total. The number of nitrogens with zero attached hydrogens (tertiary/aromatic N) is 2. The van der Waals surface area contributed by atoms with Gasteiger partial charge in [0.1, 0.15) is 5.69 Å². The van der Waals surface area contributed by atoms with Crippen molar-refractivity contribution >= 4 is 17.5 Å². The lowest BCUT2D eigenvalue weighted by Crippen LogP contribution is -2.17. The fourth-order valence-corrected chi connectivity index (χ4v) is 1.22. The molecule has 0 spiro atoms. The highest BCUT2D eigenvalue weighted by Crippen LogP contribution is 2.22. The summed E-state index contributed by atoms with van der Waals surface area (Å²) in [6.07, 6.45) is 0. The molecule has 0 atom stereocenters. The zero-order valence-corrected chi connectivity index (χ0v) is 6.68. The van der Waals surface area contributed by atoms with Crippen LogP contribution in [0.3, 0.4) is 0 Å². The van der Waals surface area contributed by atoms with Gasteiger partial charge in [-0.3, -0.25) is 5.41 Å². The van der Waals surface area contributed by atoms with Crippen molar-refractivity contribution in [2.24, 2.45) is 0 Å². The van der Waals surface area contributed by atoms with Crippen LogP contribution >= 0.6 is 0 Å². The van der Waals surface area contributed by atoms with E-state index < -0.39 is 0 Å². The van der Waals surface area contributed by atoms with Gasteiger partial charge in [0.25, 0.3) is 0 Å². The molecule has 6 heteroatoms. The van der Waals surface area contributed by atoms with Gasteiger partial charge in [0.2, 0.25) is 5.95 Å². The van der Waals surface area contributed by atoms with E-state index in [1.807, 2.05) is 11.9 Å². The summed E-state index contributed by atoms with van der Waals surface area (Å²) in [6, 6.07) is 0. The Labute approximate surface area is 68.9 Å². The first-order valence-corrected chi connectivity index (χ1v) is 3.58. The van der Waals surface area contributed by atoms with E-state index >= 15 is 0 Å². The molecule has 12 heavy (non-hydrogen) atoms. The van der Waals surface area contributed by atoms with Crippen molar-refractivity contribution in [1.82, 2.24) is 9.97 Å². The van der Waals surface area contributed by atoms with Crippen LogP contribution in [-0.2, 0) is 0 Å². The predicted molar refractivity (Wildman–Crippen MR) is 45.7 cm³/mol. The number of aromatic amines is 1. The molecule has 0 aromatic carbocycles. The number of hydrogen-bond acceptors (Lipinski definition) is 5. The quantitative estimate of drug-likeness (QED) is 0.409. The van der Waals surface area contributed by atoms with Crippen LogP contribution in [0.5, 0.6) is 0 Å². The fraction of sp³-hybridized carbons (Fsp3) is 0.333. The minimum absolute atomic E-state index is 0.273. The van der Waals surface area contributed by atoms with Gasteiger partial charge in [0.05, 0.1) is 6.67 Å². The maximum Gasteiger partial charge on any atom is 0.201 e. The number of nitrogens with one attached hydrogen (secondary N) is 3. The average molecular weight is 166 g/mol. The number of nitrogen functional groups attached to an aromatic ring is 1. The molecular weight excluding hydrogens is 156 g/mol. The van der Waals surface area contributed by atoms with Gasteiger partial charge >= 0.3 is 0 Å². The van der Waals surface area contributed by atoms with Crippen LogP contribution in [0.1, 0.15) is 0 Å². The molecule has 1 aromatic heterocycles. The molecule has 1 aromatic rings. The summed E-state index contributed by atoms with van der Waals surface area (Å²) in [4.78, 5) is 8.60. The number of H-pyrrole nitrogens is 1. The molecule has 6 nitrogen and oxygen atoms in total. The molecule has 2 rings (SSSR count). The minimum atomic E-state index is 0.273. The lowest BCUT2D eigenvalue weighted by molar-refractivity contribution is 0.999. The molecule has 0 saturated carbocycles. The van der Waals surface area contributed by atoms with Crippen LogP contribution in [0, 0.1) is 5.41 Å². The molecule has 0 aliphatic carbocycles. The molecule has 0 unspecified atom stereocenters. The highest BCUT2D eigenvalue weighted by molar-refractivity contribution is 5.69. The predicted octanol–water partition coefficient (Wildman–Crippen LogP) is -0.709. The van der Waals surface area contributed by atoms with Gasteiger partial charge in [0.15, 0.2) is 11.3 Å². The van der Waals surface area contributed by atoms with Crippen LogP contribution in [0.4, 0.5) is 17.5 Å². The van der Waals surface area contributed by atoms with Gasteiger partial charge in [-0.25, -0.2) is 0 Å². The number of rotatable bonds is 0. The number of nitrogens with two attached hydrogens (primary N) is 1. The van der Waals surface area contributed by atoms with E-state index in [4.69, 9.17) is 11.1 Å². The third-order valence-corrected chi connectivity index (χ3v) is 1.81. The van der Waals surface area contributed by atoms with Crippen molar-refractivity contribution in [3.05, 3.63) is 5.49 Å². The molecule has 2 heterocycles. The Kier molecular flexibility index (Phi) is 1.24. The first-order valence-electron chi connectivity index (χ1n) is 3.58. The van der Waals surface area contributed by atoms with E-state index in [2.05, 4.69) is 15.3 Å². The molecule has 1 aliphatic rings. The number of hydrogen-bond donors (Lipinski definition) is 4. The van der Waals surface area contributed by atoms with Crippen molar-refractivity contribution in [3.63, 3.8) is 0 Å². The summed E-state index contributed by atoms with van der Waals surface area (Å²) < 4.78 is 0. The SMILES string of the molecule is CN1CNc2c1nc(N)[nH]c2=N. The average Bonchev–Trinajstić information content (AvgIpc) is 2.33. The summed E-state index contributed by atoms with van der Waals surface area (Å²) >= 11 is 0. The first-order chi connectivity index (χ1) is 5.68. The number of fused-ring (bicyclic) bond motifs is 1. The number of aromatic nitrogens is 2. The van der Waals surface area contributed by atoms with E-state index in [1.54, 1.807) is 0 Å². The van der Waals surface area contributed by atoms with Gasteiger partial charge in [-0.2, -0.15) is 4.98 Å². The van der Waals surface area contributed by atoms with Gasteiger partial charge < -0.3 is 20.9 Å². The molecule has 0 saturated heterocycles. The molecule has 0 bridgehead atoms. The maximum atomic E-state index is 7.52. The molecule has 1 aliphatic heterocycles. The molecular formula is C6H10N6. The lowest BCUT2D eigenvalue weighted by atomic mass is 10.5. The van der Waals surface area contributed by atoms with Crippen LogP contribution in [0.25, 0.3) is 0 Å². The molecule has 0 amide bonds. The Morgan fingerprint density at radius 1 is 1.67 bits per heavy atom. The second-order valence-corrected chi connectivity index (χ2v) is 2.73. The van der Waals surface area contributed by atoms with Gasteiger partial charge in [-0.15, -0.1) is 0 Å². The van der Waals surface area contributed by atoms with Gasteiger partial charge in [-0.05, 0) is 0 Å². The van der Waals surface area contributed by atoms with E-state index in [0.29, 0.717) is 12.4 Å². The molecule has 0 radical (unpaired) electrons. The van der Waals surface area contributed by atoms with Gasteiger partial charge in [-0.1, -0.05) is 0 Å². The van der Waals surface area contributed by atoms with Gasteiger partial charge in [0, 0.05) is 7.05 Å². The van der Waals surface area contributed by atoms with E-state index in [-0.39, 0.29) is 11.4 Å². The summed E-state index contributed by atoms with van der Waals surface area (Å²) in [7, 11) is 1.89. The standard InChI is InChI=1S/C6H10N6/c1-12-2-9-3-4(7)10-6(8)11-5(3)12/h9H,2H2,1H3,(H4,7,8,10,11). The third-order valence-electron chi connectivity index (χ3n) is 1.81. The van der Waals surface area contributed by atoms with Crippen molar-refractivity contribution in [3.8, 4) is 0 Å². The summed E-state index contributed by atoms with van der Waals surface area (Å²) in [6.45, 7) is 0.672. The van der Waals surface area contributed by atoms with Crippen LogP contribution in [-0.4, -0.2) is 23.7 Å². The first kappa shape index (κ1) is 6.96. The van der Waals surface area contributed by atoms with Crippen LogP contribution in [0.15, 0.2) is 0 Å². The second-order valence-electron chi connectivity index (χ2n) is 2.73.